The van der Waals surface area contributed by atoms with Crippen molar-refractivity contribution in [3.8, 4) is 11.1 Å². The van der Waals surface area contributed by atoms with Gasteiger partial charge in [0.15, 0.2) is 0 Å². The summed E-state index contributed by atoms with van der Waals surface area (Å²) in [6, 6.07) is 11.3. The third-order valence-electron chi connectivity index (χ3n) is 7.89. The molecular weight excluding hydrogens is 500 g/mol. The minimum atomic E-state index is -1.08. The van der Waals surface area contributed by atoms with E-state index in [1.807, 2.05) is 38.2 Å². The van der Waals surface area contributed by atoms with Crippen molar-refractivity contribution >= 4 is 21.9 Å². The van der Waals surface area contributed by atoms with Gasteiger partial charge in [0.2, 0.25) is 0 Å². The van der Waals surface area contributed by atoms with Crippen molar-refractivity contribution in [2.75, 3.05) is 13.2 Å². The van der Waals surface area contributed by atoms with Gasteiger partial charge in [0.25, 0.3) is 0 Å². The van der Waals surface area contributed by atoms with Crippen LogP contribution in [0.15, 0.2) is 53.2 Å². The molecule has 0 bridgehead atoms. The van der Waals surface area contributed by atoms with Crippen LogP contribution in [0.2, 0.25) is 0 Å². The number of pyridine rings is 1. The highest BCUT2D eigenvalue weighted by atomic mass is 19.1. The van der Waals surface area contributed by atoms with E-state index in [1.54, 1.807) is 13.8 Å². The van der Waals surface area contributed by atoms with Gasteiger partial charge < -0.3 is 18.9 Å². The highest BCUT2D eigenvalue weighted by molar-refractivity contribution is 6.07. The van der Waals surface area contributed by atoms with Crippen molar-refractivity contribution in [3.63, 3.8) is 0 Å². The largest absolute Gasteiger partial charge is 0.386 e. The summed E-state index contributed by atoms with van der Waals surface area (Å²) >= 11 is 0. The molecule has 39 heavy (non-hydrogen) atoms. The van der Waals surface area contributed by atoms with E-state index in [0.717, 1.165) is 63.2 Å². The fourth-order valence-corrected chi connectivity index (χ4v) is 6.03. The van der Waals surface area contributed by atoms with Crippen molar-refractivity contribution in [2.45, 2.75) is 52.2 Å². The summed E-state index contributed by atoms with van der Waals surface area (Å²) in [5, 5.41) is 15.9. The van der Waals surface area contributed by atoms with Crippen molar-refractivity contribution in [1.82, 2.24) is 14.7 Å². The topological polar surface area (TPSA) is 73.3 Å². The van der Waals surface area contributed by atoms with E-state index < -0.39 is 23.3 Å². The van der Waals surface area contributed by atoms with Crippen LogP contribution in [-0.2, 0) is 10.3 Å². The SMILES string of the molecule is Cc1noc(C)c1-c1cnc2c3ccc(C(C)(C)O)cc3n([C@H](c3cc(F)cc(F)c3)C3CCOCC3)c2c1. The zero-order valence-corrected chi connectivity index (χ0v) is 22.5. The Bertz CT molecular complexity index is 1650. The van der Waals surface area contributed by atoms with E-state index >= 15 is 0 Å². The molecule has 5 aromatic rings. The van der Waals surface area contributed by atoms with Gasteiger partial charge in [-0.3, -0.25) is 4.98 Å². The van der Waals surface area contributed by atoms with Gasteiger partial charge in [-0.05, 0) is 81.8 Å². The standard InChI is InChI=1S/C31H31F2N3O3/c1-17-28(18(2)39-35-17)21-13-27-29(34-16-21)25-6-5-22(31(3,4)37)14-26(25)36(27)30(19-7-9-38-10-8-19)20-11-23(32)15-24(33)12-20/h5-6,11-16,19,30,37H,7-10H2,1-4H3/t30-/m0/s1. The number of ether oxygens (including phenoxy) is 1. The molecule has 0 saturated carbocycles. The highest BCUT2D eigenvalue weighted by Crippen LogP contribution is 2.42. The lowest BCUT2D eigenvalue weighted by atomic mass is 9.86. The molecule has 0 amide bonds. The van der Waals surface area contributed by atoms with E-state index in [-0.39, 0.29) is 5.92 Å². The summed E-state index contributed by atoms with van der Waals surface area (Å²) < 4.78 is 42.5. The molecule has 3 aromatic heterocycles. The number of nitrogens with zero attached hydrogens (tertiary/aromatic N) is 3. The lowest BCUT2D eigenvalue weighted by Crippen LogP contribution is -2.27. The van der Waals surface area contributed by atoms with Crippen molar-refractivity contribution in [2.24, 2.45) is 5.92 Å². The summed E-state index contributed by atoms with van der Waals surface area (Å²) in [7, 11) is 0. The first-order valence-corrected chi connectivity index (χ1v) is 13.3. The van der Waals surface area contributed by atoms with Gasteiger partial charge in [-0.2, -0.15) is 0 Å². The zero-order chi connectivity index (χ0) is 27.5. The van der Waals surface area contributed by atoms with Crippen LogP contribution >= 0.6 is 0 Å². The second-order valence-corrected chi connectivity index (χ2v) is 11.0. The third-order valence-corrected chi connectivity index (χ3v) is 7.89. The van der Waals surface area contributed by atoms with Gasteiger partial charge in [0.05, 0.1) is 33.9 Å². The number of fused-ring (bicyclic) bond motifs is 3. The monoisotopic (exact) mass is 531 g/mol. The zero-order valence-electron chi connectivity index (χ0n) is 22.5. The molecule has 202 valence electrons. The first-order valence-electron chi connectivity index (χ1n) is 13.3. The molecule has 0 unspecified atom stereocenters. The number of rotatable bonds is 5. The van der Waals surface area contributed by atoms with E-state index in [1.165, 1.54) is 12.1 Å². The van der Waals surface area contributed by atoms with Crippen molar-refractivity contribution < 1.29 is 23.1 Å². The lowest BCUT2D eigenvalue weighted by molar-refractivity contribution is 0.0552. The van der Waals surface area contributed by atoms with E-state index in [9.17, 15) is 13.9 Å². The number of aromatic nitrogens is 3. The Morgan fingerprint density at radius 3 is 2.36 bits per heavy atom. The average Bonchev–Trinajstić information content (AvgIpc) is 3.39. The second-order valence-electron chi connectivity index (χ2n) is 11.0. The summed E-state index contributed by atoms with van der Waals surface area (Å²) in [6.07, 6.45) is 3.30. The van der Waals surface area contributed by atoms with Gasteiger partial charge in [-0.15, -0.1) is 0 Å². The third kappa shape index (κ3) is 4.51. The lowest BCUT2D eigenvalue weighted by Gasteiger charge is -2.33. The molecule has 1 aliphatic rings. The normalized spacial score (nSPS) is 15.9. The number of benzene rings is 2. The molecule has 1 saturated heterocycles. The van der Waals surface area contributed by atoms with Crippen LogP contribution in [0.3, 0.4) is 0 Å². The molecule has 8 heteroatoms. The minimum absolute atomic E-state index is 0.0623. The number of aryl methyl sites for hydroxylation is 2. The van der Waals surface area contributed by atoms with Gasteiger partial charge in [-0.1, -0.05) is 17.3 Å². The molecule has 1 aliphatic heterocycles. The predicted octanol–water partition coefficient (Wildman–Crippen LogP) is 6.98. The van der Waals surface area contributed by atoms with Crippen molar-refractivity contribution in [3.05, 3.63) is 82.9 Å². The molecule has 1 atom stereocenters. The maximum atomic E-state index is 14.6. The molecule has 6 nitrogen and oxygen atoms in total. The number of hydrogen-bond donors (Lipinski definition) is 1. The fraction of sp³-hybridized carbons (Fsp3) is 0.355. The quantitative estimate of drug-likeness (QED) is 0.265. The predicted molar refractivity (Wildman–Crippen MR) is 145 cm³/mol. The first kappa shape index (κ1) is 25.6. The number of hydrogen-bond acceptors (Lipinski definition) is 5. The van der Waals surface area contributed by atoms with Crippen LogP contribution in [0.4, 0.5) is 8.78 Å². The van der Waals surface area contributed by atoms with Crippen LogP contribution in [0.1, 0.15) is 55.3 Å². The van der Waals surface area contributed by atoms with Crippen LogP contribution in [0, 0.1) is 31.4 Å². The van der Waals surface area contributed by atoms with Gasteiger partial charge in [0, 0.05) is 42.0 Å². The minimum Gasteiger partial charge on any atom is -0.386 e. The second kappa shape index (κ2) is 9.54. The molecule has 1 N–H and O–H groups in total. The summed E-state index contributed by atoms with van der Waals surface area (Å²) in [4.78, 5) is 4.89. The number of halogens is 2. The Morgan fingerprint density at radius 1 is 1.00 bits per heavy atom. The van der Waals surface area contributed by atoms with Gasteiger partial charge in [0.1, 0.15) is 17.4 Å². The van der Waals surface area contributed by atoms with Crippen LogP contribution in [0.5, 0.6) is 0 Å². The molecule has 4 heterocycles. The summed E-state index contributed by atoms with van der Waals surface area (Å²) in [6.45, 7) is 8.40. The Kier molecular flexibility index (Phi) is 6.27. The maximum absolute atomic E-state index is 14.6. The van der Waals surface area contributed by atoms with Crippen LogP contribution < -0.4 is 0 Å². The molecular formula is C31H31F2N3O3. The molecule has 2 aromatic carbocycles. The maximum Gasteiger partial charge on any atom is 0.141 e. The van der Waals surface area contributed by atoms with Gasteiger partial charge in [-0.25, -0.2) is 8.78 Å². The Balaban J connectivity index is 1.71. The fourth-order valence-electron chi connectivity index (χ4n) is 6.03. The van der Waals surface area contributed by atoms with E-state index in [4.69, 9.17) is 14.2 Å². The molecule has 0 aliphatic carbocycles. The highest BCUT2D eigenvalue weighted by Gasteiger charge is 2.32. The smallest absolute Gasteiger partial charge is 0.141 e. The van der Waals surface area contributed by atoms with Crippen molar-refractivity contribution in [1.29, 1.82) is 0 Å². The molecule has 0 spiro atoms. The average molecular weight is 532 g/mol. The molecule has 1 fully saturated rings. The van der Waals surface area contributed by atoms with Crippen LogP contribution in [-0.4, -0.2) is 33.0 Å². The van der Waals surface area contributed by atoms with E-state index in [0.29, 0.717) is 24.5 Å². The summed E-state index contributed by atoms with van der Waals surface area (Å²) in [5.74, 6) is -0.481. The number of aliphatic hydroxyl groups is 1. The van der Waals surface area contributed by atoms with Gasteiger partial charge >= 0.3 is 0 Å². The Labute approximate surface area is 225 Å². The Hall–Kier alpha value is -3.62. The first-order chi connectivity index (χ1) is 18.6. The molecule has 0 radical (unpaired) electrons. The summed E-state index contributed by atoms with van der Waals surface area (Å²) in [5.41, 5.74) is 5.13. The molecule has 6 rings (SSSR count). The van der Waals surface area contributed by atoms with E-state index in [2.05, 4.69) is 15.8 Å². The Morgan fingerprint density at radius 2 is 1.72 bits per heavy atom. The van der Waals surface area contributed by atoms with Crippen LogP contribution in [0.25, 0.3) is 33.1 Å².